The maximum absolute atomic E-state index is 12.0. The predicted molar refractivity (Wildman–Crippen MR) is 102 cm³/mol. The Bertz CT molecular complexity index is 703. The molecule has 0 bridgehead atoms. The van der Waals surface area contributed by atoms with Gasteiger partial charge in [0.1, 0.15) is 0 Å². The molecule has 0 heterocycles. The first-order valence-electron chi connectivity index (χ1n) is 7.75. The zero-order chi connectivity index (χ0) is 18.1. The van der Waals surface area contributed by atoms with Gasteiger partial charge in [0.2, 0.25) is 5.91 Å². The first-order chi connectivity index (χ1) is 12.1. The van der Waals surface area contributed by atoms with Crippen molar-refractivity contribution < 1.29 is 14.3 Å². The summed E-state index contributed by atoms with van der Waals surface area (Å²) >= 11 is 3.36. The van der Waals surface area contributed by atoms with Crippen LogP contribution in [0.2, 0.25) is 0 Å². The van der Waals surface area contributed by atoms with Crippen molar-refractivity contribution >= 4 is 39.1 Å². The van der Waals surface area contributed by atoms with Gasteiger partial charge in [0.15, 0.2) is 0 Å². The van der Waals surface area contributed by atoms with Crippen molar-refractivity contribution in [3.05, 3.63) is 58.6 Å². The first-order valence-corrected chi connectivity index (χ1v) is 8.54. The van der Waals surface area contributed by atoms with Crippen LogP contribution in [0.3, 0.4) is 0 Å². The van der Waals surface area contributed by atoms with Crippen LogP contribution in [-0.2, 0) is 9.53 Å². The van der Waals surface area contributed by atoms with E-state index in [2.05, 4.69) is 31.9 Å². The highest BCUT2D eigenvalue weighted by Gasteiger charge is 2.06. The zero-order valence-corrected chi connectivity index (χ0v) is 15.4. The number of hydrogen-bond donors (Lipinski definition) is 3. The zero-order valence-electron chi connectivity index (χ0n) is 13.8. The minimum Gasteiger partial charge on any atom is -0.383 e. The molecule has 0 saturated carbocycles. The largest absolute Gasteiger partial charge is 0.383 e. The van der Waals surface area contributed by atoms with Crippen LogP contribution >= 0.6 is 15.9 Å². The molecule has 0 saturated heterocycles. The van der Waals surface area contributed by atoms with Crippen molar-refractivity contribution in [2.45, 2.75) is 0 Å². The average molecular weight is 406 g/mol. The highest BCUT2D eigenvalue weighted by atomic mass is 79.9. The quantitative estimate of drug-likeness (QED) is 0.589. The predicted octanol–water partition coefficient (Wildman–Crippen LogP) is 2.88. The molecule has 0 fully saturated rings. The molecular formula is C18H20BrN3O3. The summed E-state index contributed by atoms with van der Waals surface area (Å²) in [6.45, 7) is 1.07. The van der Waals surface area contributed by atoms with E-state index in [1.54, 1.807) is 31.4 Å². The molecule has 0 unspecified atom stereocenters. The Balaban J connectivity index is 1.80. The van der Waals surface area contributed by atoms with Gasteiger partial charge in [0.25, 0.3) is 5.91 Å². The molecule has 2 aromatic carbocycles. The molecule has 2 amide bonds. The van der Waals surface area contributed by atoms with Gasteiger partial charge in [0, 0.05) is 35.1 Å². The number of carbonyl (C=O) groups is 2. The molecule has 0 atom stereocenters. The van der Waals surface area contributed by atoms with Gasteiger partial charge in [-0.25, -0.2) is 0 Å². The molecule has 0 aromatic heterocycles. The molecular weight excluding hydrogens is 386 g/mol. The lowest BCUT2D eigenvalue weighted by molar-refractivity contribution is -0.114. The van der Waals surface area contributed by atoms with Gasteiger partial charge < -0.3 is 20.7 Å². The third-order valence-electron chi connectivity index (χ3n) is 3.32. The molecule has 3 N–H and O–H groups in total. The summed E-state index contributed by atoms with van der Waals surface area (Å²) in [5.41, 5.74) is 2.03. The van der Waals surface area contributed by atoms with Crippen molar-refractivity contribution in [3.8, 4) is 0 Å². The molecule has 7 heteroatoms. The van der Waals surface area contributed by atoms with Gasteiger partial charge in [-0.3, -0.25) is 9.59 Å². The number of ether oxygens (including phenoxy) is 1. The summed E-state index contributed by atoms with van der Waals surface area (Å²) in [7, 11) is 1.58. The Kier molecular flexibility index (Phi) is 7.43. The smallest absolute Gasteiger partial charge is 0.251 e. The van der Waals surface area contributed by atoms with Crippen LogP contribution in [0.5, 0.6) is 0 Å². The lowest BCUT2D eigenvalue weighted by Crippen LogP contribution is -2.27. The lowest BCUT2D eigenvalue weighted by Gasteiger charge is -2.09. The number of benzene rings is 2. The monoisotopic (exact) mass is 405 g/mol. The fourth-order valence-corrected chi connectivity index (χ4v) is 2.29. The van der Waals surface area contributed by atoms with Crippen LogP contribution in [0.1, 0.15) is 10.4 Å². The number of hydrogen-bond acceptors (Lipinski definition) is 4. The van der Waals surface area contributed by atoms with E-state index in [0.29, 0.717) is 24.4 Å². The van der Waals surface area contributed by atoms with Crippen LogP contribution in [0.15, 0.2) is 53.0 Å². The van der Waals surface area contributed by atoms with Crippen molar-refractivity contribution in [3.63, 3.8) is 0 Å². The Morgan fingerprint density at radius 2 is 1.64 bits per heavy atom. The van der Waals surface area contributed by atoms with Gasteiger partial charge in [-0.2, -0.15) is 0 Å². The molecule has 2 rings (SSSR count). The van der Waals surface area contributed by atoms with Crippen molar-refractivity contribution in [1.82, 2.24) is 5.32 Å². The maximum atomic E-state index is 12.0. The summed E-state index contributed by atoms with van der Waals surface area (Å²) in [5, 5.41) is 8.56. The Morgan fingerprint density at radius 3 is 2.28 bits per heavy atom. The van der Waals surface area contributed by atoms with Crippen LogP contribution in [0, 0.1) is 0 Å². The van der Waals surface area contributed by atoms with Crippen molar-refractivity contribution in [1.29, 1.82) is 0 Å². The number of halogens is 1. The molecule has 0 aliphatic heterocycles. The van der Waals surface area contributed by atoms with Gasteiger partial charge in [-0.15, -0.1) is 0 Å². The van der Waals surface area contributed by atoms with Crippen LogP contribution < -0.4 is 16.0 Å². The Morgan fingerprint density at radius 1 is 1.00 bits per heavy atom. The van der Waals surface area contributed by atoms with Gasteiger partial charge in [0.05, 0.1) is 13.2 Å². The van der Waals surface area contributed by atoms with Crippen molar-refractivity contribution in [2.75, 3.05) is 37.4 Å². The highest BCUT2D eigenvalue weighted by molar-refractivity contribution is 9.10. The molecule has 0 aliphatic carbocycles. The van der Waals surface area contributed by atoms with E-state index >= 15 is 0 Å². The third-order valence-corrected chi connectivity index (χ3v) is 3.85. The molecule has 6 nitrogen and oxygen atoms in total. The molecule has 0 aliphatic rings. The van der Waals surface area contributed by atoms with E-state index in [0.717, 1.165) is 10.2 Å². The van der Waals surface area contributed by atoms with Gasteiger partial charge >= 0.3 is 0 Å². The van der Waals surface area contributed by atoms with Gasteiger partial charge in [-0.1, -0.05) is 15.9 Å². The molecule has 2 aromatic rings. The second-order valence-electron chi connectivity index (χ2n) is 5.23. The summed E-state index contributed by atoms with van der Waals surface area (Å²) in [6.07, 6.45) is 0. The number of methoxy groups -OCH3 is 1. The van der Waals surface area contributed by atoms with Crippen LogP contribution in [0.25, 0.3) is 0 Å². The van der Waals surface area contributed by atoms with E-state index in [9.17, 15) is 9.59 Å². The molecule has 0 spiro atoms. The SMILES string of the molecule is COCCNC(=O)c1ccc(NC(=O)CNc2ccc(Br)cc2)cc1. The second-order valence-corrected chi connectivity index (χ2v) is 6.15. The number of nitrogens with one attached hydrogen (secondary N) is 3. The topological polar surface area (TPSA) is 79.5 Å². The Labute approximate surface area is 155 Å². The minimum atomic E-state index is -0.174. The fraction of sp³-hybridized carbons (Fsp3) is 0.222. The number of rotatable bonds is 8. The minimum absolute atomic E-state index is 0.154. The molecule has 0 radical (unpaired) electrons. The van der Waals surface area contributed by atoms with Crippen molar-refractivity contribution in [2.24, 2.45) is 0 Å². The normalized spacial score (nSPS) is 10.2. The second kappa shape index (κ2) is 9.80. The maximum Gasteiger partial charge on any atom is 0.251 e. The van der Waals surface area contributed by atoms with Crippen LogP contribution in [-0.4, -0.2) is 38.6 Å². The third kappa shape index (κ3) is 6.56. The van der Waals surface area contributed by atoms with E-state index in [-0.39, 0.29) is 18.4 Å². The lowest BCUT2D eigenvalue weighted by atomic mass is 10.2. The van der Waals surface area contributed by atoms with E-state index in [4.69, 9.17) is 4.74 Å². The van der Waals surface area contributed by atoms with E-state index < -0.39 is 0 Å². The molecule has 132 valence electrons. The fourth-order valence-electron chi connectivity index (χ4n) is 2.03. The standard InChI is InChI=1S/C18H20BrN3O3/c1-25-11-10-20-18(24)13-2-6-16(7-3-13)22-17(23)12-21-15-8-4-14(19)5-9-15/h2-9,21H,10-12H2,1H3,(H,20,24)(H,22,23). The number of anilines is 2. The van der Waals surface area contributed by atoms with E-state index in [1.807, 2.05) is 24.3 Å². The molecule has 25 heavy (non-hydrogen) atoms. The summed E-state index contributed by atoms with van der Waals surface area (Å²) in [6, 6.07) is 14.3. The highest BCUT2D eigenvalue weighted by Crippen LogP contribution is 2.14. The Hall–Kier alpha value is -2.38. The van der Waals surface area contributed by atoms with Crippen LogP contribution in [0.4, 0.5) is 11.4 Å². The summed E-state index contributed by atoms with van der Waals surface area (Å²) in [4.78, 5) is 23.8. The summed E-state index contributed by atoms with van der Waals surface area (Å²) < 4.78 is 5.86. The van der Waals surface area contributed by atoms with Gasteiger partial charge in [-0.05, 0) is 48.5 Å². The average Bonchev–Trinajstić information content (AvgIpc) is 2.62. The van der Waals surface area contributed by atoms with E-state index in [1.165, 1.54) is 0 Å². The number of carbonyl (C=O) groups excluding carboxylic acids is 2. The first kappa shape index (κ1) is 19.0. The number of amides is 2. The summed E-state index contributed by atoms with van der Waals surface area (Å²) in [5.74, 6) is -0.341.